The number of fused-ring (bicyclic) bond motifs is 1. The minimum absolute atomic E-state index is 0.0753. The van der Waals surface area contributed by atoms with Gasteiger partial charge < -0.3 is 16.2 Å². The Morgan fingerprint density at radius 3 is 2.55 bits per heavy atom. The molecule has 0 saturated heterocycles. The zero-order valence-electron chi connectivity index (χ0n) is 21.1. The zero-order chi connectivity index (χ0) is 27.2. The Bertz CT molecular complexity index is 1730. The van der Waals surface area contributed by atoms with E-state index in [9.17, 15) is 14.7 Å². The first-order chi connectivity index (χ1) is 18.0. The van der Waals surface area contributed by atoms with Crippen LogP contribution in [0.5, 0.6) is 0 Å². The van der Waals surface area contributed by atoms with E-state index in [1.54, 1.807) is 80.1 Å². The van der Waals surface area contributed by atoms with E-state index in [0.717, 1.165) is 5.39 Å². The number of anilines is 2. The molecule has 2 heterocycles. The van der Waals surface area contributed by atoms with Gasteiger partial charge >= 0.3 is 0 Å². The van der Waals surface area contributed by atoms with Crippen LogP contribution in [0, 0.1) is 12.7 Å². The second kappa shape index (κ2) is 9.31. The molecule has 0 saturated carbocycles. The topological polar surface area (TPSA) is 131 Å². The summed E-state index contributed by atoms with van der Waals surface area (Å²) in [6, 6.07) is 18.4. The van der Waals surface area contributed by atoms with E-state index < -0.39 is 22.9 Å². The molecule has 2 aromatic heterocycles. The van der Waals surface area contributed by atoms with Gasteiger partial charge in [0.2, 0.25) is 0 Å². The molecule has 9 nitrogen and oxygen atoms in total. The van der Waals surface area contributed by atoms with E-state index in [1.807, 2.05) is 6.07 Å². The summed E-state index contributed by atoms with van der Waals surface area (Å²) in [6.07, 6.45) is 0. The van der Waals surface area contributed by atoms with Gasteiger partial charge in [-0.1, -0.05) is 24.3 Å². The summed E-state index contributed by atoms with van der Waals surface area (Å²) in [5.74, 6) is -0.857. The van der Waals surface area contributed by atoms with Crippen molar-refractivity contribution in [1.29, 1.82) is 0 Å². The SMILES string of the molecule is Cc1c(C(=O)Nc2ccc(-c3ccc4c(N)n[nH]c4c3)c(F)c2)c(=O)n(-c2ccccc2)n1CC(C)(C)O. The van der Waals surface area contributed by atoms with E-state index in [1.165, 1.54) is 10.7 Å². The van der Waals surface area contributed by atoms with Crippen LogP contribution in [0.1, 0.15) is 29.9 Å². The van der Waals surface area contributed by atoms with Crippen molar-refractivity contribution < 1.29 is 14.3 Å². The Labute approximate surface area is 217 Å². The molecule has 3 aromatic carbocycles. The normalized spacial score (nSPS) is 11.7. The maximum absolute atomic E-state index is 15.1. The number of benzene rings is 3. The van der Waals surface area contributed by atoms with Crippen molar-refractivity contribution in [2.45, 2.75) is 32.9 Å². The first-order valence-electron chi connectivity index (χ1n) is 12.0. The number of aromatic amines is 1. The molecule has 0 radical (unpaired) electrons. The highest BCUT2D eigenvalue weighted by Gasteiger charge is 2.27. The maximum Gasteiger partial charge on any atom is 0.284 e. The van der Waals surface area contributed by atoms with Crippen molar-refractivity contribution in [3.8, 4) is 16.8 Å². The van der Waals surface area contributed by atoms with Crippen LogP contribution < -0.4 is 16.6 Å². The molecule has 0 spiro atoms. The molecule has 0 unspecified atom stereocenters. The minimum atomic E-state index is -1.15. The number of nitrogens with zero attached hydrogens (tertiary/aromatic N) is 3. The molecule has 10 heteroatoms. The first kappa shape index (κ1) is 25.0. The number of aromatic nitrogens is 4. The highest BCUT2D eigenvalue weighted by molar-refractivity contribution is 6.05. The fraction of sp³-hybridized carbons (Fsp3) is 0.179. The van der Waals surface area contributed by atoms with Gasteiger partial charge in [0.1, 0.15) is 11.4 Å². The van der Waals surface area contributed by atoms with Crippen molar-refractivity contribution in [3.63, 3.8) is 0 Å². The molecule has 0 aliphatic rings. The molecule has 38 heavy (non-hydrogen) atoms. The first-order valence-corrected chi connectivity index (χ1v) is 12.0. The third-order valence-electron chi connectivity index (χ3n) is 6.29. The molecule has 5 aromatic rings. The summed E-state index contributed by atoms with van der Waals surface area (Å²) in [4.78, 5) is 26.7. The number of hydrogen-bond donors (Lipinski definition) is 4. The lowest BCUT2D eigenvalue weighted by Gasteiger charge is -2.22. The highest BCUT2D eigenvalue weighted by Crippen LogP contribution is 2.29. The second-order valence-electron chi connectivity index (χ2n) is 9.80. The van der Waals surface area contributed by atoms with Gasteiger partial charge in [-0.3, -0.25) is 19.4 Å². The Morgan fingerprint density at radius 1 is 1.13 bits per heavy atom. The molecule has 1 amide bonds. The monoisotopic (exact) mass is 514 g/mol. The van der Waals surface area contributed by atoms with Gasteiger partial charge in [0.05, 0.1) is 29.0 Å². The van der Waals surface area contributed by atoms with Crippen LogP contribution in [0.3, 0.4) is 0 Å². The summed E-state index contributed by atoms with van der Waals surface area (Å²) in [5, 5.41) is 20.6. The fourth-order valence-corrected chi connectivity index (χ4v) is 4.52. The van der Waals surface area contributed by atoms with E-state index in [4.69, 9.17) is 5.73 Å². The van der Waals surface area contributed by atoms with Crippen molar-refractivity contribution in [2.75, 3.05) is 11.1 Å². The standard InChI is InChI=1S/C28H27FN6O3/c1-16-24(27(37)35(19-7-5-4-6-8-19)34(16)15-28(2,3)38)26(36)31-18-10-12-20(22(29)14-18)17-9-11-21-23(13-17)32-33-25(21)30/h4-14,38H,15H2,1-3H3,(H,31,36)(H3,30,32,33). The second-order valence-corrected chi connectivity index (χ2v) is 9.80. The average molecular weight is 515 g/mol. The molecule has 5 rings (SSSR count). The van der Waals surface area contributed by atoms with Crippen LogP contribution in [-0.4, -0.2) is 36.2 Å². The van der Waals surface area contributed by atoms with Crippen LogP contribution >= 0.6 is 0 Å². The fourth-order valence-electron chi connectivity index (χ4n) is 4.52. The van der Waals surface area contributed by atoms with Gasteiger partial charge in [0.15, 0.2) is 5.82 Å². The maximum atomic E-state index is 15.1. The van der Waals surface area contributed by atoms with Crippen LogP contribution in [0.15, 0.2) is 71.5 Å². The molecule has 0 aliphatic carbocycles. The van der Waals surface area contributed by atoms with Crippen molar-refractivity contribution in [1.82, 2.24) is 19.6 Å². The van der Waals surface area contributed by atoms with Gasteiger partial charge in [-0.05, 0) is 68.8 Å². The van der Waals surface area contributed by atoms with Crippen molar-refractivity contribution in [3.05, 3.63) is 94.2 Å². The molecule has 194 valence electrons. The quantitative estimate of drug-likeness (QED) is 0.269. The number of hydrogen-bond acceptors (Lipinski definition) is 5. The third kappa shape index (κ3) is 4.57. The number of nitrogens with one attached hydrogen (secondary N) is 2. The number of H-pyrrole nitrogens is 1. The predicted octanol–water partition coefficient (Wildman–Crippen LogP) is 4.24. The average Bonchev–Trinajstić information content (AvgIpc) is 3.34. The molecular weight excluding hydrogens is 487 g/mol. The number of carbonyl (C=O) groups excluding carboxylic acids is 1. The lowest BCUT2D eigenvalue weighted by atomic mass is 10.0. The van der Waals surface area contributed by atoms with Crippen molar-refractivity contribution in [2.24, 2.45) is 0 Å². The van der Waals surface area contributed by atoms with E-state index in [0.29, 0.717) is 33.8 Å². The number of nitrogens with two attached hydrogens (primary N) is 1. The van der Waals surface area contributed by atoms with Crippen LogP contribution in [0.4, 0.5) is 15.9 Å². The smallest absolute Gasteiger partial charge is 0.284 e. The van der Waals surface area contributed by atoms with E-state index in [2.05, 4.69) is 15.5 Å². The number of para-hydroxylation sites is 1. The van der Waals surface area contributed by atoms with E-state index in [-0.39, 0.29) is 17.8 Å². The molecule has 0 atom stereocenters. The van der Waals surface area contributed by atoms with Gasteiger partial charge in [-0.2, -0.15) is 5.10 Å². The minimum Gasteiger partial charge on any atom is -0.389 e. The Kier molecular flexibility index (Phi) is 6.12. The number of carbonyl (C=O) groups is 1. The predicted molar refractivity (Wildman–Crippen MR) is 145 cm³/mol. The Balaban J connectivity index is 1.48. The number of halogens is 1. The van der Waals surface area contributed by atoms with Crippen molar-refractivity contribution >= 4 is 28.3 Å². The van der Waals surface area contributed by atoms with Gasteiger partial charge in [-0.25, -0.2) is 9.07 Å². The summed E-state index contributed by atoms with van der Waals surface area (Å²) >= 11 is 0. The lowest BCUT2D eigenvalue weighted by Crippen LogP contribution is -2.32. The number of aliphatic hydroxyl groups is 1. The van der Waals surface area contributed by atoms with Crippen LogP contribution in [-0.2, 0) is 6.54 Å². The number of nitrogen functional groups attached to an aromatic ring is 1. The van der Waals surface area contributed by atoms with Gasteiger partial charge in [-0.15, -0.1) is 0 Å². The molecule has 5 N–H and O–H groups in total. The molecule has 0 bridgehead atoms. The highest BCUT2D eigenvalue weighted by atomic mass is 19.1. The number of amides is 1. The largest absolute Gasteiger partial charge is 0.389 e. The Hall–Kier alpha value is -4.70. The summed E-state index contributed by atoms with van der Waals surface area (Å²) in [6.45, 7) is 4.96. The number of rotatable bonds is 6. The summed E-state index contributed by atoms with van der Waals surface area (Å²) < 4.78 is 18.1. The Morgan fingerprint density at radius 2 is 1.87 bits per heavy atom. The molecule has 0 fully saturated rings. The van der Waals surface area contributed by atoms with Crippen LogP contribution in [0.2, 0.25) is 0 Å². The molecular formula is C28H27FN6O3. The van der Waals surface area contributed by atoms with Gasteiger partial charge in [0, 0.05) is 16.6 Å². The zero-order valence-corrected chi connectivity index (χ0v) is 21.1. The summed E-state index contributed by atoms with van der Waals surface area (Å²) in [7, 11) is 0. The van der Waals surface area contributed by atoms with Crippen LogP contribution in [0.25, 0.3) is 27.7 Å². The lowest BCUT2D eigenvalue weighted by molar-refractivity contribution is 0.0546. The van der Waals surface area contributed by atoms with E-state index >= 15 is 4.39 Å². The third-order valence-corrected chi connectivity index (χ3v) is 6.29. The van der Waals surface area contributed by atoms with Gasteiger partial charge in [0.25, 0.3) is 11.5 Å². The molecule has 0 aliphatic heterocycles. The summed E-state index contributed by atoms with van der Waals surface area (Å²) in [5.41, 5.74) is 6.77.